The highest BCUT2D eigenvalue weighted by Gasteiger charge is 2.65. The van der Waals surface area contributed by atoms with E-state index >= 15 is 0 Å². The maximum atomic E-state index is 14.3. The molecule has 0 aromatic heterocycles. The first-order valence-electron chi connectivity index (χ1n) is 12.4. The summed E-state index contributed by atoms with van der Waals surface area (Å²) in [6, 6.07) is 15.0. The standard InChI is InChI=1S/C29H20Cl2N4O7/c1-33-28(42)35(20-10-18(30)9-19(31)11-20)27(41)29(33)14-34(13-23(29)16-4-2-15(12-32)3-5-16)24(36)22-8-17(25(37)38)6-7-21(22)26(39)40/h2-11,23H,13-14H2,1H3,(H,37,38)(H,39,40)/t23-,29+/m0/s1. The van der Waals surface area contributed by atoms with E-state index in [0.717, 1.165) is 23.1 Å². The maximum Gasteiger partial charge on any atom is 0.336 e. The first-order valence-corrected chi connectivity index (χ1v) is 13.1. The topological polar surface area (TPSA) is 159 Å². The lowest BCUT2D eigenvalue weighted by Gasteiger charge is -2.33. The monoisotopic (exact) mass is 606 g/mol. The van der Waals surface area contributed by atoms with Crippen LogP contribution in [0, 0.1) is 11.3 Å². The number of amides is 4. The minimum absolute atomic E-state index is 0.122. The van der Waals surface area contributed by atoms with Crippen LogP contribution in [-0.4, -0.2) is 75.5 Å². The van der Waals surface area contributed by atoms with Crippen LogP contribution in [0.4, 0.5) is 10.5 Å². The molecular formula is C29H20Cl2N4O7. The largest absolute Gasteiger partial charge is 0.478 e. The summed E-state index contributed by atoms with van der Waals surface area (Å²) in [4.78, 5) is 68.8. The number of hydrogen-bond acceptors (Lipinski definition) is 6. The molecule has 42 heavy (non-hydrogen) atoms. The summed E-state index contributed by atoms with van der Waals surface area (Å²) in [6.45, 7) is -0.465. The molecule has 0 unspecified atom stereocenters. The molecule has 2 saturated heterocycles. The normalized spacial score (nSPS) is 19.9. The quantitative estimate of drug-likeness (QED) is 0.406. The van der Waals surface area contributed by atoms with Crippen molar-refractivity contribution in [2.45, 2.75) is 11.5 Å². The lowest BCUT2D eigenvalue weighted by molar-refractivity contribution is -0.124. The molecule has 11 nitrogen and oxygen atoms in total. The zero-order valence-corrected chi connectivity index (χ0v) is 23.3. The second-order valence-electron chi connectivity index (χ2n) is 9.88. The van der Waals surface area contributed by atoms with Gasteiger partial charge < -0.3 is 20.0 Å². The van der Waals surface area contributed by atoms with Gasteiger partial charge in [0, 0.05) is 29.6 Å². The summed E-state index contributed by atoms with van der Waals surface area (Å²) in [5, 5.41) is 28.8. The molecular weight excluding hydrogens is 587 g/mol. The second-order valence-corrected chi connectivity index (χ2v) is 10.7. The molecule has 1 spiro atoms. The molecule has 2 heterocycles. The van der Waals surface area contributed by atoms with Crippen LogP contribution in [0.15, 0.2) is 60.7 Å². The number of carbonyl (C=O) groups is 5. The molecule has 3 aromatic rings. The zero-order valence-electron chi connectivity index (χ0n) is 21.7. The molecule has 0 saturated carbocycles. The zero-order chi connectivity index (χ0) is 30.5. The SMILES string of the molecule is CN1C(=O)N(c2cc(Cl)cc(Cl)c2)C(=O)[C@]12CN(C(=O)c1cc(C(=O)O)ccc1C(=O)O)C[C@H]2c1ccc(C#N)cc1. The Labute approximate surface area is 248 Å². The van der Waals surface area contributed by atoms with Gasteiger partial charge in [0.15, 0.2) is 0 Å². The van der Waals surface area contributed by atoms with E-state index in [2.05, 4.69) is 0 Å². The number of nitriles is 1. The van der Waals surface area contributed by atoms with E-state index in [1.165, 1.54) is 35.0 Å². The minimum atomic E-state index is -1.65. The molecule has 3 aromatic carbocycles. The Bertz CT molecular complexity index is 1720. The lowest BCUT2D eigenvalue weighted by Crippen LogP contribution is -2.54. The number of halogens is 2. The third-order valence-electron chi connectivity index (χ3n) is 7.62. The molecule has 4 amide bonds. The van der Waals surface area contributed by atoms with Gasteiger partial charge in [-0.2, -0.15) is 5.26 Å². The van der Waals surface area contributed by atoms with Crippen molar-refractivity contribution < 1.29 is 34.2 Å². The fraction of sp³-hybridized carbons (Fsp3) is 0.172. The molecule has 0 bridgehead atoms. The van der Waals surface area contributed by atoms with Gasteiger partial charge in [-0.05, 0) is 54.1 Å². The van der Waals surface area contributed by atoms with Crippen molar-refractivity contribution in [1.82, 2.24) is 9.80 Å². The average molecular weight is 607 g/mol. The van der Waals surface area contributed by atoms with Gasteiger partial charge in [-0.25, -0.2) is 19.3 Å². The van der Waals surface area contributed by atoms with Crippen LogP contribution < -0.4 is 4.90 Å². The third kappa shape index (κ3) is 4.51. The molecule has 5 rings (SSSR count). The van der Waals surface area contributed by atoms with Crippen LogP contribution in [0.25, 0.3) is 0 Å². The summed E-state index contributed by atoms with van der Waals surface area (Å²) < 4.78 is 0. The first-order chi connectivity index (χ1) is 19.9. The van der Waals surface area contributed by atoms with Crippen LogP contribution in [0.3, 0.4) is 0 Å². The highest BCUT2D eigenvalue weighted by atomic mass is 35.5. The van der Waals surface area contributed by atoms with Gasteiger partial charge in [0.1, 0.15) is 5.54 Å². The molecule has 0 aliphatic carbocycles. The third-order valence-corrected chi connectivity index (χ3v) is 8.06. The average Bonchev–Trinajstić information content (AvgIpc) is 3.44. The summed E-state index contributed by atoms with van der Waals surface area (Å²) >= 11 is 12.3. The molecule has 0 radical (unpaired) electrons. The molecule has 2 N–H and O–H groups in total. The van der Waals surface area contributed by atoms with Crippen molar-refractivity contribution in [1.29, 1.82) is 5.26 Å². The van der Waals surface area contributed by atoms with E-state index in [1.807, 2.05) is 6.07 Å². The Morgan fingerprint density at radius 3 is 2.14 bits per heavy atom. The number of rotatable bonds is 5. The van der Waals surface area contributed by atoms with E-state index in [0.29, 0.717) is 11.1 Å². The van der Waals surface area contributed by atoms with Gasteiger partial charge in [0.05, 0.1) is 40.6 Å². The molecule has 2 fully saturated rings. The number of urea groups is 1. The van der Waals surface area contributed by atoms with E-state index in [-0.39, 0.29) is 39.9 Å². The van der Waals surface area contributed by atoms with Crippen LogP contribution >= 0.6 is 23.2 Å². The number of aromatic carboxylic acids is 2. The molecule has 2 aliphatic rings. The number of benzene rings is 3. The number of carbonyl (C=O) groups excluding carboxylic acids is 3. The Morgan fingerprint density at radius 1 is 0.929 bits per heavy atom. The van der Waals surface area contributed by atoms with Gasteiger partial charge in [-0.1, -0.05) is 35.3 Å². The van der Waals surface area contributed by atoms with E-state index in [9.17, 15) is 39.4 Å². The number of imide groups is 1. The lowest BCUT2D eigenvalue weighted by atomic mass is 9.80. The van der Waals surface area contributed by atoms with Gasteiger partial charge >= 0.3 is 18.0 Å². The highest BCUT2D eigenvalue weighted by Crippen LogP contribution is 2.47. The molecule has 212 valence electrons. The van der Waals surface area contributed by atoms with E-state index in [1.54, 1.807) is 24.3 Å². The Kier molecular flexibility index (Phi) is 7.14. The molecule has 2 aliphatic heterocycles. The number of nitrogens with zero attached hydrogens (tertiary/aromatic N) is 4. The van der Waals surface area contributed by atoms with Crippen molar-refractivity contribution in [3.8, 4) is 6.07 Å². The smallest absolute Gasteiger partial charge is 0.336 e. The first kappa shape index (κ1) is 28.6. The van der Waals surface area contributed by atoms with Crippen molar-refractivity contribution in [2.75, 3.05) is 25.0 Å². The van der Waals surface area contributed by atoms with Crippen molar-refractivity contribution in [3.63, 3.8) is 0 Å². The predicted octanol–water partition coefficient (Wildman–Crippen LogP) is 4.34. The number of anilines is 1. The van der Waals surface area contributed by atoms with Crippen LogP contribution in [0.2, 0.25) is 10.0 Å². The molecule has 2 atom stereocenters. The Hall–Kier alpha value is -4.92. The van der Waals surface area contributed by atoms with Crippen molar-refractivity contribution in [2.24, 2.45) is 0 Å². The van der Waals surface area contributed by atoms with Crippen molar-refractivity contribution in [3.05, 3.63) is 98.5 Å². The highest BCUT2D eigenvalue weighted by molar-refractivity contribution is 6.36. The summed E-state index contributed by atoms with van der Waals surface area (Å²) in [5.41, 5.74) is -1.72. The summed E-state index contributed by atoms with van der Waals surface area (Å²) in [6.07, 6.45) is 0. The number of carboxylic acids is 2. The molecule has 13 heteroatoms. The van der Waals surface area contributed by atoms with Gasteiger partial charge in [0.2, 0.25) is 0 Å². The summed E-state index contributed by atoms with van der Waals surface area (Å²) in [5.74, 6) is -5.12. The number of likely N-dealkylation sites (N-methyl/N-ethyl adjacent to an activating group) is 1. The summed E-state index contributed by atoms with van der Waals surface area (Å²) in [7, 11) is 1.42. The maximum absolute atomic E-state index is 14.3. The minimum Gasteiger partial charge on any atom is -0.478 e. The number of hydrogen-bond donors (Lipinski definition) is 2. The van der Waals surface area contributed by atoms with Crippen LogP contribution in [0.5, 0.6) is 0 Å². The Balaban J connectivity index is 1.64. The predicted molar refractivity (Wildman–Crippen MR) is 150 cm³/mol. The van der Waals surface area contributed by atoms with Crippen LogP contribution in [0.1, 0.15) is 48.1 Å². The van der Waals surface area contributed by atoms with E-state index < -0.39 is 46.8 Å². The van der Waals surface area contributed by atoms with Crippen LogP contribution in [-0.2, 0) is 4.79 Å². The van der Waals surface area contributed by atoms with Crippen molar-refractivity contribution >= 4 is 58.7 Å². The fourth-order valence-electron chi connectivity index (χ4n) is 5.57. The van der Waals surface area contributed by atoms with Gasteiger partial charge in [-0.15, -0.1) is 0 Å². The van der Waals surface area contributed by atoms with Gasteiger partial charge in [0.25, 0.3) is 11.8 Å². The Morgan fingerprint density at radius 2 is 1.57 bits per heavy atom. The van der Waals surface area contributed by atoms with E-state index in [4.69, 9.17) is 23.2 Å². The van der Waals surface area contributed by atoms with Gasteiger partial charge in [-0.3, -0.25) is 9.59 Å². The fourth-order valence-corrected chi connectivity index (χ4v) is 6.09. The number of likely N-dealkylation sites (tertiary alicyclic amines) is 1. The second kappa shape index (κ2) is 10.5. The number of carboxylic acid groups (broad SMARTS) is 2.